The van der Waals surface area contributed by atoms with Crippen molar-refractivity contribution in [3.05, 3.63) is 45.8 Å². The molecule has 3 nitrogen and oxygen atoms in total. The number of rotatable bonds is 4. The van der Waals surface area contributed by atoms with E-state index in [1.165, 1.54) is 0 Å². The second-order valence-electron chi connectivity index (χ2n) is 4.87. The van der Waals surface area contributed by atoms with Crippen molar-refractivity contribution in [2.24, 2.45) is 0 Å². The van der Waals surface area contributed by atoms with E-state index in [1.807, 2.05) is 18.2 Å². The van der Waals surface area contributed by atoms with Crippen molar-refractivity contribution in [3.63, 3.8) is 0 Å². The van der Waals surface area contributed by atoms with Crippen molar-refractivity contribution in [1.82, 2.24) is 9.97 Å². The summed E-state index contributed by atoms with van der Waals surface area (Å²) in [5, 5.41) is 1.17. The number of halogens is 2. The molecule has 3 rings (SSSR count). The van der Waals surface area contributed by atoms with Gasteiger partial charge in [-0.1, -0.05) is 30.1 Å². The van der Waals surface area contributed by atoms with Crippen LogP contribution in [0.5, 0.6) is 11.6 Å². The van der Waals surface area contributed by atoms with Crippen molar-refractivity contribution in [2.45, 2.75) is 32.1 Å². The Morgan fingerprint density at radius 3 is 2.70 bits per heavy atom. The maximum absolute atomic E-state index is 6.10. The molecule has 5 heteroatoms. The lowest BCUT2D eigenvalue weighted by Gasteiger charge is -2.09. The fourth-order valence-electron chi connectivity index (χ4n) is 2.00. The first-order chi connectivity index (χ1) is 9.65. The third-order valence-electron chi connectivity index (χ3n) is 3.25. The third kappa shape index (κ3) is 3.05. The number of aromatic nitrogens is 2. The average molecular weight is 309 g/mol. The molecule has 2 aromatic rings. The molecule has 0 aliphatic heterocycles. The van der Waals surface area contributed by atoms with Gasteiger partial charge in [0.1, 0.15) is 16.7 Å². The maximum Gasteiger partial charge on any atom is 0.224 e. The molecule has 0 N–H and O–H groups in total. The molecule has 1 saturated carbocycles. The van der Waals surface area contributed by atoms with Crippen LogP contribution in [-0.4, -0.2) is 9.97 Å². The summed E-state index contributed by atoms with van der Waals surface area (Å²) in [6.07, 6.45) is 3.11. The average Bonchev–Trinajstić information content (AvgIpc) is 3.25. The summed E-state index contributed by atoms with van der Waals surface area (Å²) in [6.45, 7) is 2.05. The molecule has 1 heterocycles. The molecule has 0 spiro atoms. The minimum Gasteiger partial charge on any atom is -0.439 e. The van der Waals surface area contributed by atoms with E-state index in [0.29, 0.717) is 22.7 Å². The Bertz CT molecular complexity index is 642. The van der Waals surface area contributed by atoms with Crippen LogP contribution in [0.2, 0.25) is 10.2 Å². The standard InChI is InChI=1S/C15H14Cl2N2O/c1-2-9-7-11(5-6-12(9)16)20-14-8-13(17)18-15(19-14)10-3-4-10/h5-8,10H,2-4H2,1H3. The van der Waals surface area contributed by atoms with Crippen molar-refractivity contribution in [1.29, 1.82) is 0 Å². The predicted octanol–water partition coefficient (Wildman–Crippen LogP) is 5.02. The van der Waals surface area contributed by atoms with Gasteiger partial charge in [0.15, 0.2) is 0 Å². The van der Waals surface area contributed by atoms with E-state index in [0.717, 1.165) is 35.7 Å². The van der Waals surface area contributed by atoms with Gasteiger partial charge >= 0.3 is 0 Å². The first-order valence-electron chi connectivity index (χ1n) is 6.66. The highest BCUT2D eigenvalue weighted by Crippen LogP contribution is 2.39. The molecule has 0 amide bonds. The van der Waals surface area contributed by atoms with E-state index < -0.39 is 0 Å². The second kappa shape index (κ2) is 5.58. The van der Waals surface area contributed by atoms with Crippen LogP contribution in [0.15, 0.2) is 24.3 Å². The van der Waals surface area contributed by atoms with Gasteiger partial charge in [-0.25, -0.2) is 4.98 Å². The van der Waals surface area contributed by atoms with E-state index in [4.69, 9.17) is 27.9 Å². The monoisotopic (exact) mass is 308 g/mol. The van der Waals surface area contributed by atoms with E-state index in [9.17, 15) is 0 Å². The van der Waals surface area contributed by atoms with E-state index in [-0.39, 0.29) is 0 Å². The molecule has 1 aromatic heterocycles. The van der Waals surface area contributed by atoms with Crippen molar-refractivity contribution < 1.29 is 4.74 Å². The van der Waals surface area contributed by atoms with Crippen LogP contribution in [0.3, 0.4) is 0 Å². The Labute approximate surface area is 127 Å². The van der Waals surface area contributed by atoms with Gasteiger partial charge in [-0.2, -0.15) is 4.98 Å². The molecule has 104 valence electrons. The SMILES string of the molecule is CCc1cc(Oc2cc(Cl)nc(C3CC3)n2)ccc1Cl. The quantitative estimate of drug-likeness (QED) is 0.744. The molecule has 0 saturated heterocycles. The minimum absolute atomic E-state index is 0.418. The summed E-state index contributed by atoms with van der Waals surface area (Å²) < 4.78 is 5.78. The van der Waals surface area contributed by atoms with Gasteiger partial charge in [-0.3, -0.25) is 0 Å². The largest absolute Gasteiger partial charge is 0.439 e. The Morgan fingerprint density at radius 1 is 1.20 bits per heavy atom. The van der Waals surface area contributed by atoms with Gasteiger partial charge in [-0.05, 0) is 43.0 Å². The lowest BCUT2D eigenvalue weighted by Crippen LogP contribution is -1.96. The van der Waals surface area contributed by atoms with Crippen LogP contribution in [-0.2, 0) is 6.42 Å². The van der Waals surface area contributed by atoms with Crippen LogP contribution in [0.25, 0.3) is 0 Å². The van der Waals surface area contributed by atoms with Crippen molar-refractivity contribution in [2.75, 3.05) is 0 Å². The number of ether oxygens (including phenoxy) is 1. The third-order valence-corrected chi connectivity index (χ3v) is 3.81. The van der Waals surface area contributed by atoms with E-state index >= 15 is 0 Å². The lowest BCUT2D eigenvalue weighted by molar-refractivity contribution is 0.458. The van der Waals surface area contributed by atoms with Crippen LogP contribution >= 0.6 is 23.2 Å². The van der Waals surface area contributed by atoms with E-state index in [2.05, 4.69) is 16.9 Å². The van der Waals surface area contributed by atoms with E-state index in [1.54, 1.807) is 6.07 Å². The maximum atomic E-state index is 6.10. The number of benzene rings is 1. The van der Waals surface area contributed by atoms with Crippen LogP contribution in [0, 0.1) is 0 Å². The Morgan fingerprint density at radius 2 is 2.00 bits per heavy atom. The normalized spacial score (nSPS) is 14.3. The topological polar surface area (TPSA) is 35.0 Å². The molecule has 1 fully saturated rings. The van der Waals surface area contributed by atoms with Crippen LogP contribution in [0.4, 0.5) is 0 Å². The van der Waals surface area contributed by atoms with Gasteiger partial charge in [0.25, 0.3) is 0 Å². The number of hydrogen-bond donors (Lipinski definition) is 0. The first kappa shape index (κ1) is 13.7. The van der Waals surface area contributed by atoms with Crippen molar-refractivity contribution >= 4 is 23.2 Å². The van der Waals surface area contributed by atoms with Crippen molar-refractivity contribution in [3.8, 4) is 11.6 Å². The molecule has 0 unspecified atom stereocenters. The molecular formula is C15H14Cl2N2O. The summed E-state index contributed by atoms with van der Waals surface area (Å²) in [6, 6.07) is 7.22. The minimum atomic E-state index is 0.418. The highest BCUT2D eigenvalue weighted by molar-refractivity contribution is 6.31. The molecule has 0 bridgehead atoms. The lowest BCUT2D eigenvalue weighted by atomic mass is 10.1. The molecule has 1 aliphatic carbocycles. The van der Waals surface area contributed by atoms with Gasteiger partial charge in [0, 0.05) is 17.0 Å². The smallest absolute Gasteiger partial charge is 0.224 e. The van der Waals surface area contributed by atoms with Crippen LogP contribution in [0.1, 0.15) is 37.1 Å². The summed E-state index contributed by atoms with van der Waals surface area (Å²) in [4.78, 5) is 8.66. The molecule has 20 heavy (non-hydrogen) atoms. The van der Waals surface area contributed by atoms with Gasteiger partial charge < -0.3 is 4.74 Å². The molecule has 0 atom stereocenters. The number of aryl methyl sites for hydroxylation is 1. The highest BCUT2D eigenvalue weighted by atomic mass is 35.5. The highest BCUT2D eigenvalue weighted by Gasteiger charge is 2.27. The Hall–Kier alpha value is -1.32. The second-order valence-corrected chi connectivity index (χ2v) is 5.66. The zero-order valence-electron chi connectivity index (χ0n) is 11.1. The summed E-state index contributed by atoms with van der Waals surface area (Å²) in [5.41, 5.74) is 1.05. The number of nitrogens with zero attached hydrogens (tertiary/aromatic N) is 2. The zero-order chi connectivity index (χ0) is 14.1. The molecular weight excluding hydrogens is 295 g/mol. The van der Waals surface area contributed by atoms with Crippen LogP contribution < -0.4 is 4.74 Å². The fourth-order valence-corrected chi connectivity index (χ4v) is 2.43. The number of hydrogen-bond acceptors (Lipinski definition) is 3. The molecule has 0 radical (unpaired) electrons. The summed E-state index contributed by atoms with van der Waals surface area (Å²) >= 11 is 12.1. The molecule has 1 aliphatic rings. The van der Waals surface area contributed by atoms with Gasteiger partial charge in [0.05, 0.1) is 0 Å². The Balaban J connectivity index is 1.87. The molecule has 1 aromatic carbocycles. The van der Waals surface area contributed by atoms with Gasteiger partial charge in [-0.15, -0.1) is 0 Å². The van der Waals surface area contributed by atoms with Gasteiger partial charge in [0.2, 0.25) is 5.88 Å². The summed E-state index contributed by atoms with van der Waals surface area (Å²) in [5.74, 6) is 2.41. The zero-order valence-corrected chi connectivity index (χ0v) is 12.6. The first-order valence-corrected chi connectivity index (χ1v) is 7.42. The summed E-state index contributed by atoms with van der Waals surface area (Å²) in [7, 11) is 0. The Kier molecular flexibility index (Phi) is 3.81. The predicted molar refractivity (Wildman–Crippen MR) is 79.9 cm³/mol. The fraction of sp³-hybridized carbons (Fsp3) is 0.333.